The summed E-state index contributed by atoms with van der Waals surface area (Å²) in [6.45, 7) is 6.81. The fraction of sp³-hybridized carbons (Fsp3) is 0.417. The van der Waals surface area contributed by atoms with Crippen molar-refractivity contribution in [2.24, 2.45) is 5.41 Å². The van der Waals surface area contributed by atoms with Crippen molar-refractivity contribution in [1.82, 2.24) is 5.32 Å². The first kappa shape index (κ1) is 12.0. The topological polar surface area (TPSA) is 29.1 Å². The first-order valence-corrected chi connectivity index (χ1v) is 5.85. The SMILES string of the molecule is CC(C)(C)/C=C/C(=O)NCc1cccs1. The van der Waals surface area contributed by atoms with Crippen LogP contribution in [0.1, 0.15) is 25.6 Å². The molecule has 0 unspecified atom stereocenters. The zero-order chi connectivity index (χ0) is 11.3. The molecule has 1 heterocycles. The van der Waals surface area contributed by atoms with Crippen LogP contribution in [-0.4, -0.2) is 5.91 Å². The van der Waals surface area contributed by atoms with E-state index >= 15 is 0 Å². The van der Waals surface area contributed by atoms with Crippen LogP contribution in [-0.2, 0) is 11.3 Å². The minimum absolute atomic E-state index is 0.0293. The Morgan fingerprint density at radius 3 is 2.80 bits per heavy atom. The standard InChI is InChI=1S/C12H17NOS/c1-12(2,3)7-6-11(14)13-9-10-5-4-8-15-10/h4-8H,9H2,1-3H3,(H,13,14)/b7-6+. The molecule has 2 nitrogen and oxygen atoms in total. The van der Waals surface area contributed by atoms with E-state index in [0.29, 0.717) is 6.54 Å². The second-order valence-corrected chi connectivity index (χ2v) is 5.53. The summed E-state index contributed by atoms with van der Waals surface area (Å²) in [5, 5.41) is 4.85. The van der Waals surface area contributed by atoms with Gasteiger partial charge in [-0.2, -0.15) is 0 Å². The van der Waals surface area contributed by atoms with Crippen molar-refractivity contribution in [2.75, 3.05) is 0 Å². The molecule has 0 fully saturated rings. The molecule has 0 radical (unpaired) electrons. The Hall–Kier alpha value is -1.09. The third-order valence-electron chi connectivity index (χ3n) is 1.75. The van der Waals surface area contributed by atoms with Crippen molar-refractivity contribution in [2.45, 2.75) is 27.3 Å². The molecule has 1 aromatic rings. The number of allylic oxidation sites excluding steroid dienone is 1. The van der Waals surface area contributed by atoms with Crippen LogP contribution in [0.25, 0.3) is 0 Å². The van der Waals surface area contributed by atoms with E-state index in [-0.39, 0.29) is 11.3 Å². The predicted molar refractivity (Wildman–Crippen MR) is 64.8 cm³/mol. The molecule has 1 N–H and O–H groups in total. The lowest BCUT2D eigenvalue weighted by Gasteiger charge is -2.10. The first-order chi connectivity index (χ1) is 6.97. The minimum Gasteiger partial charge on any atom is -0.348 e. The van der Waals surface area contributed by atoms with Gasteiger partial charge in [-0.05, 0) is 22.9 Å². The van der Waals surface area contributed by atoms with E-state index in [1.165, 1.54) is 4.88 Å². The quantitative estimate of drug-likeness (QED) is 0.784. The Balaban J connectivity index is 2.34. The molecule has 0 aromatic carbocycles. The molecule has 0 bridgehead atoms. The van der Waals surface area contributed by atoms with Gasteiger partial charge in [0.2, 0.25) is 5.91 Å². The zero-order valence-electron chi connectivity index (χ0n) is 9.41. The van der Waals surface area contributed by atoms with Crippen LogP contribution in [0.3, 0.4) is 0 Å². The van der Waals surface area contributed by atoms with Crippen LogP contribution in [0.2, 0.25) is 0 Å². The van der Waals surface area contributed by atoms with Gasteiger partial charge in [-0.25, -0.2) is 0 Å². The van der Waals surface area contributed by atoms with Crippen molar-refractivity contribution in [3.63, 3.8) is 0 Å². The number of carbonyl (C=O) groups excluding carboxylic acids is 1. The summed E-state index contributed by atoms with van der Waals surface area (Å²) in [6, 6.07) is 4.00. The van der Waals surface area contributed by atoms with Gasteiger partial charge in [0.25, 0.3) is 0 Å². The minimum atomic E-state index is -0.0293. The largest absolute Gasteiger partial charge is 0.348 e. The molecule has 0 aliphatic rings. The van der Waals surface area contributed by atoms with Crippen molar-refractivity contribution >= 4 is 17.2 Å². The van der Waals surface area contributed by atoms with Crippen molar-refractivity contribution in [1.29, 1.82) is 0 Å². The Morgan fingerprint density at radius 1 is 1.53 bits per heavy atom. The van der Waals surface area contributed by atoms with Crippen LogP contribution in [0.5, 0.6) is 0 Å². The number of carbonyl (C=O) groups is 1. The summed E-state index contributed by atoms with van der Waals surface area (Å²) < 4.78 is 0. The molecule has 0 saturated carbocycles. The van der Waals surface area contributed by atoms with E-state index in [4.69, 9.17) is 0 Å². The van der Waals surface area contributed by atoms with E-state index in [2.05, 4.69) is 26.1 Å². The first-order valence-electron chi connectivity index (χ1n) is 4.97. The Morgan fingerprint density at radius 2 is 2.27 bits per heavy atom. The van der Waals surface area contributed by atoms with Crippen molar-refractivity contribution in [3.8, 4) is 0 Å². The van der Waals surface area contributed by atoms with Crippen LogP contribution < -0.4 is 5.32 Å². The van der Waals surface area contributed by atoms with Crippen molar-refractivity contribution < 1.29 is 4.79 Å². The third kappa shape index (κ3) is 5.37. The normalized spacial score (nSPS) is 11.9. The average molecular weight is 223 g/mol. The molecule has 3 heteroatoms. The lowest BCUT2D eigenvalue weighted by atomic mass is 9.96. The van der Waals surface area contributed by atoms with Crippen LogP contribution >= 0.6 is 11.3 Å². The highest BCUT2D eigenvalue weighted by molar-refractivity contribution is 7.09. The van der Waals surface area contributed by atoms with E-state index in [9.17, 15) is 4.79 Å². The molecule has 0 aliphatic carbocycles. The average Bonchev–Trinajstić information content (AvgIpc) is 2.62. The van der Waals surface area contributed by atoms with Crippen molar-refractivity contribution in [3.05, 3.63) is 34.5 Å². The summed E-state index contributed by atoms with van der Waals surface area (Å²) in [5.74, 6) is -0.0293. The molecule has 0 spiro atoms. The van der Waals surface area contributed by atoms with Gasteiger partial charge in [0.05, 0.1) is 6.54 Å². The van der Waals surface area contributed by atoms with Gasteiger partial charge in [0, 0.05) is 4.88 Å². The number of hydrogen-bond acceptors (Lipinski definition) is 2. The van der Waals surface area contributed by atoms with E-state index in [1.54, 1.807) is 17.4 Å². The maximum absolute atomic E-state index is 11.4. The second-order valence-electron chi connectivity index (χ2n) is 4.50. The highest BCUT2D eigenvalue weighted by Crippen LogP contribution is 2.14. The van der Waals surface area contributed by atoms with E-state index in [1.807, 2.05) is 23.6 Å². The van der Waals surface area contributed by atoms with Gasteiger partial charge in [0.1, 0.15) is 0 Å². The Kier molecular flexibility index (Phi) is 4.09. The van der Waals surface area contributed by atoms with Gasteiger partial charge in [0.15, 0.2) is 0 Å². The molecule has 1 aromatic heterocycles. The van der Waals surface area contributed by atoms with Gasteiger partial charge in [-0.3, -0.25) is 4.79 Å². The molecule has 15 heavy (non-hydrogen) atoms. The maximum Gasteiger partial charge on any atom is 0.243 e. The highest BCUT2D eigenvalue weighted by atomic mass is 32.1. The molecule has 0 aliphatic heterocycles. The predicted octanol–water partition coefficient (Wildman–Crippen LogP) is 2.97. The Bertz CT molecular complexity index is 333. The highest BCUT2D eigenvalue weighted by Gasteiger charge is 2.05. The summed E-state index contributed by atoms with van der Waals surface area (Å²) in [6.07, 6.45) is 3.52. The molecule has 0 saturated heterocycles. The molecule has 1 amide bonds. The summed E-state index contributed by atoms with van der Waals surface area (Å²) in [5.41, 5.74) is 0.0558. The lowest BCUT2D eigenvalue weighted by molar-refractivity contribution is -0.116. The maximum atomic E-state index is 11.4. The number of thiophene rings is 1. The zero-order valence-corrected chi connectivity index (χ0v) is 10.2. The number of rotatable bonds is 3. The lowest BCUT2D eigenvalue weighted by Crippen LogP contribution is -2.20. The van der Waals surface area contributed by atoms with Crippen LogP contribution in [0.15, 0.2) is 29.7 Å². The van der Waals surface area contributed by atoms with Crippen LogP contribution in [0, 0.1) is 5.41 Å². The smallest absolute Gasteiger partial charge is 0.243 e. The fourth-order valence-electron chi connectivity index (χ4n) is 0.972. The van der Waals surface area contributed by atoms with Gasteiger partial charge < -0.3 is 5.32 Å². The number of amides is 1. The number of hydrogen-bond donors (Lipinski definition) is 1. The monoisotopic (exact) mass is 223 g/mol. The molecular weight excluding hydrogens is 206 g/mol. The van der Waals surface area contributed by atoms with Gasteiger partial charge in [-0.1, -0.05) is 32.9 Å². The third-order valence-corrected chi connectivity index (χ3v) is 2.63. The number of nitrogens with one attached hydrogen (secondary N) is 1. The van der Waals surface area contributed by atoms with Gasteiger partial charge >= 0.3 is 0 Å². The summed E-state index contributed by atoms with van der Waals surface area (Å²) in [7, 11) is 0. The Labute approximate surface area is 95.0 Å². The summed E-state index contributed by atoms with van der Waals surface area (Å²) >= 11 is 1.65. The van der Waals surface area contributed by atoms with Gasteiger partial charge in [-0.15, -0.1) is 11.3 Å². The molecule has 1 rings (SSSR count). The molecule has 82 valence electrons. The fourth-order valence-corrected chi connectivity index (χ4v) is 1.62. The second kappa shape index (κ2) is 5.12. The van der Waals surface area contributed by atoms with Crippen LogP contribution in [0.4, 0.5) is 0 Å². The molecule has 0 atom stereocenters. The van der Waals surface area contributed by atoms with E-state index < -0.39 is 0 Å². The molecular formula is C12H17NOS. The van der Waals surface area contributed by atoms with E-state index in [0.717, 1.165) is 0 Å². The summed E-state index contributed by atoms with van der Waals surface area (Å²) in [4.78, 5) is 12.6.